The fourth-order valence-electron chi connectivity index (χ4n) is 4.46. The lowest BCUT2D eigenvalue weighted by Gasteiger charge is -2.39. The molecular formula is C28H49N5O11PSi2+. The molecule has 2 aromatic rings. The maximum atomic E-state index is 13.2. The van der Waals surface area contributed by atoms with Gasteiger partial charge in [0.2, 0.25) is 0 Å². The molecule has 264 valence electrons. The summed E-state index contributed by atoms with van der Waals surface area (Å²) in [5.74, 6) is -0.222. The Morgan fingerprint density at radius 2 is 1.79 bits per heavy atom. The fourth-order valence-corrected chi connectivity index (χ4v) is 6.92. The Kier molecular flexibility index (Phi) is 13.6. The van der Waals surface area contributed by atoms with Gasteiger partial charge < -0.3 is 29.1 Å². The summed E-state index contributed by atoms with van der Waals surface area (Å²) in [6.07, 6.45) is -1.82. The lowest BCUT2D eigenvalue weighted by molar-refractivity contribution is -0.119. The SMILES string of the molecule is CC(C)(C)[Si](C)(C)O[C@H]1[C@@H](O[P+](=O)O)[C@H](n2cnc3c(=O)n(CCOCCC(=O)CNC(=O)OCC[Si](C)(C)C)cnc32)O[C@@H]1CO. The molecule has 0 spiro atoms. The average Bonchev–Trinajstić information content (AvgIpc) is 3.52. The van der Waals surface area contributed by atoms with Crippen LogP contribution in [0.5, 0.6) is 0 Å². The predicted molar refractivity (Wildman–Crippen MR) is 177 cm³/mol. The highest BCUT2D eigenvalue weighted by Gasteiger charge is 2.54. The highest BCUT2D eigenvalue weighted by Crippen LogP contribution is 2.44. The summed E-state index contributed by atoms with van der Waals surface area (Å²) in [6, 6.07) is 0.840. The van der Waals surface area contributed by atoms with Gasteiger partial charge in [-0.2, -0.15) is 0 Å². The highest BCUT2D eigenvalue weighted by molar-refractivity contribution is 7.32. The Bertz CT molecular complexity index is 1460. The number of hydrogen-bond acceptors (Lipinski definition) is 12. The minimum Gasteiger partial charge on any atom is -0.450 e. The summed E-state index contributed by atoms with van der Waals surface area (Å²) in [4.78, 5) is 55.4. The third kappa shape index (κ3) is 10.8. The van der Waals surface area contributed by atoms with E-state index in [2.05, 4.69) is 34.9 Å². The molecule has 2 aromatic heterocycles. The number of aromatic nitrogens is 4. The van der Waals surface area contributed by atoms with Gasteiger partial charge in [-0.1, -0.05) is 40.4 Å². The molecule has 1 amide bonds. The zero-order valence-corrected chi connectivity index (χ0v) is 31.3. The smallest absolute Gasteiger partial charge is 0.450 e. The van der Waals surface area contributed by atoms with Gasteiger partial charge in [-0.05, 0) is 24.2 Å². The number of alkyl carbamates (subject to hydrolysis) is 1. The van der Waals surface area contributed by atoms with Gasteiger partial charge in [0, 0.05) is 19.1 Å². The van der Waals surface area contributed by atoms with Crippen molar-refractivity contribution in [2.75, 3.05) is 33.0 Å². The van der Waals surface area contributed by atoms with E-state index in [1.807, 2.05) is 33.9 Å². The topological polar surface area (TPSA) is 203 Å². The number of ketones is 1. The van der Waals surface area contributed by atoms with Crippen LogP contribution in [0.2, 0.25) is 43.8 Å². The summed E-state index contributed by atoms with van der Waals surface area (Å²) < 4.78 is 43.2. The van der Waals surface area contributed by atoms with Crippen LogP contribution in [0.4, 0.5) is 4.79 Å². The van der Waals surface area contributed by atoms with Crippen molar-refractivity contribution in [3.05, 3.63) is 23.0 Å². The minimum absolute atomic E-state index is 0.0236. The molecule has 0 aromatic carbocycles. The number of rotatable bonds is 17. The lowest BCUT2D eigenvalue weighted by atomic mass is 10.1. The van der Waals surface area contributed by atoms with Crippen LogP contribution in [0.15, 0.2) is 17.4 Å². The van der Waals surface area contributed by atoms with Crippen LogP contribution in [-0.4, -0.2) is 109 Å². The zero-order chi connectivity index (χ0) is 35.2. The maximum Gasteiger partial charge on any atom is 0.695 e. The van der Waals surface area contributed by atoms with Crippen molar-refractivity contribution >= 4 is 47.7 Å². The van der Waals surface area contributed by atoms with E-state index in [9.17, 15) is 28.9 Å². The van der Waals surface area contributed by atoms with Crippen LogP contribution in [0.1, 0.15) is 33.4 Å². The number of carbonyl (C=O) groups excluding carboxylic acids is 2. The number of carbonyl (C=O) groups is 2. The van der Waals surface area contributed by atoms with Crippen molar-refractivity contribution < 1.29 is 47.3 Å². The largest absolute Gasteiger partial charge is 0.695 e. The van der Waals surface area contributed by atoms with Gasteiger partial charge in [0.1, 0.15) is 18.5 Å². The standard InChI is InChI=1S/C28H48N5O11PSi2/c1-28(2,3)47(7,8)44-22-20(16-34)42-26(23(22)43-45(38)39)33-18-30-21-24(33)31-17-32(25(21)36)10-12-40-11-9-19(35)15-29-27(37)41-13-14-46(4,5)6/h17-18,20,22-23,26,34H,9-16H2,1-8H3,(H-,29,37,38,39)/p+1/t20-,22-,23-,26-/m1/s1. The normalized spacial score (nSPS) is 20.9. The van der Waals surface area contributed by atoms with Crippen LogP contribution in [0.25, 0.3) is 11.2 Å². The molecule has 3 N–H and O–H groups in total. The van der Waals surface area contributed by atoms with Gasteiger partial charge in [0.15, 0.2) is 37.6 Å². The first-order valence-electron chi connectivity index (χ1n) is 15.5. The number of ether oxygens (including phenoxy) is 3. The van der Waals surface area contributed by atoms with E-state index in [4.69, 9.17) is 23.2 Å². The minimum atomic E-state index is -3.07. The van der Waals surface area contributed by atoms with Gasteiger partial charge in [-0.25, -0.2) is 14.8 Å². The molecule has 5 atom stereocenters. The number of Topliss-reactive ketones (excluding diaryl/α,β-unsaturated/α-hetero) is 1. The Hall–Kier alpha value is -2.42. The van der Waals surface area contributed by atoms with Crippen LogP contribution in [0.3, 0.4) is 0 Å². The third-order valence-corrected chi connectivity index (χ3v) is 14.9. The van der Waals surface area contributed by atoms with Gasteiger partial charge in [-0.15, -0.1) is 9.42 Å². The van der Waals surface area contributed by atoms with Gasteiger partial charge >= 0.3 is 14.3 Å². The lowest BCUT2D eigenvalue weighted by Crippen LogP contribution is -2.50. The number of aliphatic hydroxyl groups is 1. The van der Waals surface area contributed by atoms with Crippen LogP contribution in [0, 0.1) is 0 Å². The maximum absolute atomic E-state index is 13.2. The Balaban J connectivity index is 1.60. The monoisotopic (exact) mass is 718 g/mol. The molecule has 1 aliphatic heterocycles. The van der Waals surface area contributed by atoms with Crippen LogP contribution in [-0.2, 0) is 39.1 Å². The number of nitrogens with one attached hydrogen (secondary N) is 1. The number of hydrogen-bond donors (Lipinski definition) is 3. The summed E-state index contributed by atoms with van der Waals surface area (Å²) in [6.45, 7) is 16.8. The van der Waals surface area contributed by atoms with Crippen LogP contribution >= 0.6 is 8.25 Å². The molecule has 16 nitrogen and oxygen atoms in total. The molecule has 0 aliphatic carbocycles. The number of imidazole rings is 1. The van der Waals surface area contributed by atoms with E-state index < -0.39 is 67.4 Å². The van der Waals surface area contributed by atoms with E-state index in [-0.39, 0.29) is 54.7 Å². The van der Waals surface area contributed by atoms with E-state index in [1.165, 1.54) is 21.8 Å². The number of nitrogens with zero attached hydrogens (tertiary/aromatic N) is 4. The molecule has 19 heteroatoms. The van der Waals surface area contributed by atoms with E-state index in [1.54, 1.807) is 0 Å². The first-order chi connectivity index (χ1) is 21.8. The Morgan fingerprint density at radius 3 is 2.40 bits per heavy atom. The quantitative estimate of drug-likeness (QED) is 0.123. The fraction of sp³-hybridized carbons (Fsp3) is 0.750. The third-order valence-electron chi connectivity index (χ3n) is 8.26. The number of fused-ring (bicyclic) bond motifs is 1. The molecule has 0 radical (unpaired) electrons. The summed E-state index contributed by atoms with van der Waals surface area (Å²) in [7, 11) is -6.83. The van der Waals surface area contributed by atoms with Crippen molar-refractivity contribution in [1.82, 2.24) is 24.4 Å². The van der Waals surface area contributed by atoms with Crippen molar-refractivity contribution in [2.45, 2.75) is 102 Å². The average molecular weight is 719 g/mol. The van der Waals surface area contributed by atoms with E-state index in [0.29, 0.717) is 6.61 Å². The predicted octanol–water partition coefficient (Wildman–Crippen LogP) is 2.95. The van der Waals surface area contributed by atoms with Crippen LogP contribution < -0.4 is 10.9 Å². The van der Waals surface area contributed by atoms with Gasteiger partial charge in [0.05, 0.1) is 45.8 Å². The van der Waals surface area contributed by atoms with Gasteiger partial charge in [-0.3, -0.25) is 18.7 Å². The summed E-state index contributed by atoms with van der Waals surface area (Å²) >= 11 is 0. The van der Waals surface area contributed by atoms with E-state index in [0.717, 1.165) is 6.04 Å². The molecule has 3 heterocycles. The first kappa shape index (κ1) is 39.0. The molecule has 1 fully saturated rings. The first-order valence-corrected chi connectivity index (χ1v) is 23.3. The molecule has 47 heavy (non-hydrogen) atoms. The molecule has 0 bridgehead atoms. The van der Waals surface area contributed by atoms with Crippen molar-refractivity contribution in [3.8, 4) is 0 Å². The number of aliphatic hydroxyl groups excluding tert-OH is 1. The highest BCUT2D eigenvalue weighted by atomic mass is 31.1. The second-order valence-electron chi connectivity index (χ2n) is 14.2. The van der Waals surface area contributed by atoms with E-state index >= 15 is 0 Å². The molecule has 3 rings (SSSR count). The second-order valence-corrected chi connectivity index (χ2v) is 25.2. The summed E-state index contributed by atoms with van der Waals surface area (Å²) in [5, 5.41) is 12.4. The Morgan fingerprint density at radius 1 is 1.09 bits per heavy atom. The molecule has 1 aliphatic rings. The molecule has 1 saturated heterocycles. The molecule has 1 unspecified atom stereocenters. The van der Waals surface area contributed by atoms with Crippen molar-refractivity contribution in [1.29, 1.82) is 0 Å². The second kappa shape index (κ2) is 16.3. The molecule has 0 saturated carbocycles. The summed E-state index contributed by atoms with van der Waals surface area (Å²) in [5.41, 5.74) is -0.280. The van der Waals surface area contributed by atoms with Crippen molar-refractivity contribution in [2.24, 2.45) is 0 Å². The van der Waals surface area contributed by atoms with Gasteiger partial charge in [0.25, 0.3) is 5.56 Å². The molecular weight excluding hydrogens is 669 g/mol. The van der Waals surface area contributed by atoms with Crippen molar-refractivity contribution in [3.63, 3.8) is 0 Å². The zero-order valence-electron chi connectivity index (χ0n) is 28.4. The number of amides is 1. The Labute approximate surface area is 277 Å².